The van der Waals surface area contributed by atoms with E-state index in [0.29, 0.717) is 0 Å². The highest BCUT2D eigenvalue weighted by Gasteiger charge is 2.07. The minimum atomic E-state index is 1.03. The Morgan fingerprint density at radius 2 is 1.33 bits per heavy atom. The predicted octanol–water partition coefficient (Wildman–Crippen LogP) is 2.93. The van der Waals surface area contributed by atoms with E-state index in [2.05, 4.69) is 33.8 Å². The second-order valence-corrected chi connectivity index (χ2v) is 3.29. The van der Waals surface area contributed by atoms with Crippen LogP contribution in [-0.2, 0) is 0 Å². The summed E-state index contributed by atoms with van der Waals surface area (Å²) in [6.07, 6.45) is 0. The summed E-state index contributed by atoms with van der Waals surface area (Å²) in [5.74, 6) is 1.03. The van der Waals surface area contributed by atoms with E-state index in [-0.39, 0.29) is 0 Å². The number of hydrogen-bond donors (Lipinski definition) is 0. The summed E-state index contributed by atoms with van der Waals surface area (Å²) in [6.45, 7) is 8.43. The molecule has 0 aromatic heterocycles. The van der Waals surface area contributed by atoms with Crippen LogP contribution in [0.5, 0.6) is 5.75 Å². The maximum Gasteiger partial charge on any atom is 0.125 e. The largest absolute Gasteiger partial charge is 0.496 e. The van der Waals surface area contributed by atoms with Gasteiger partial charge in [-0.25, -0.2) is 0 Å². The molecule has 0 aliphatic heterocycles. The Bertz CT molecular complexity index is 274. The lowest BCUT2D eigenvalue weighted by molar-refractivity contribution is 0.407. The van der Waals surface area contributed by atoms with Crippen LogP contribution < -0.4 is 4.74 Å². The van der Waals surface area contributed by atoms with Crippen LogP contribution in [0.15, 0.2) is 6.07 Å². The summed E-state index contributed by atoms with van der Waals surface area (Å²) in [7, 11) is 1.73. The third-order valence-electron chi connectivity index (χ3n) is 2.50. The summed E-state index contributed by atoms with van der Waals surface area (Å²) >= 11 is 0. The number of benzene rings is 1. The van der Waals surface area contributed by atoms with Crippen molar-refractivity contribution in [3.05, 3.63) is 28.3 Å². The number of methoxy groups -OCH3 is 1. The van der Waals surface area contributed by atoms with E-state index in [1.807, 2.05) is 0 Å². The maximum absolute atomic E-state index is 5.34. The monoisotopic (exact) mass is 164 g/mol. The van der Waals surface area contributed by atoms with Gasteiger partial charge in [-0.2, -0.15) is 0 Å². The molecule has 66 valence electrons. The van der Waals surface area contributed by atoms with Crippen LogP contribution in [0.4, 0.5) is 0 Å². The summed E-state index contributed by atoms with van der Waals surface area (Å²) in [5, 5.41) is 0. The van der Waals surface area contributed by atoms with Crippen molar-refractivity contribution in [2.45, 2.75) is 27.7 Å². The normalized spacial score (nSPS) is 10.1. The average molecular weight is 164 g/mol. The molecule has 0 spiro atoms. The molecule has 0 N–H and O–H groups in total. The Hall–Kier alpha value is -0.980. The summed E-state index contributed by atoms with van der Waals surface area (Å²) in [6, 6.07) is 2.20. The molecule has 12 heavy (non-hydrogen) atoms. The maximum atomic E-state index is 5.34. The molecular formula is C11H16O. The smallest absolute Gasteiger partial charge is 0.125 e. The van der Waals surface area contributed by atoms with Crippen molar-refractivity contribution in [2.24, 2.45) is 0 Å². The van der Waals surface area contributed by atoms with Crippen LogP contribution >= 0.6 is 0 Å². The van der Waals surface area contributed by atoms with E-state index in [1.54, 1.807) is 7.11 Å². The summed E-state index contributed by atoms with van der Waals surface area (Å²) in [5.41, 5.74) is 5.10. The first kappa shape index (κ1) is 9.11. The Morgan fingerprint density at radius 1 is 0.917 bits per heavy atom. The van der Waals surface area contributed by atoms with E-state index in [4.69, 9.17) is 4.74 Å². The zero-order valence-corrected chi connectivity index (χ0v) is 8.49. The highest BCUT2D eigenvalue weighted by molar-refractivity contribution is 5.48. The quantitative estimate of drug-likeness (QED) is 0.620. The van der Waals surface area contributed by atoms with Gasteiger partial charge in [0.1, 0.15) is 5.75 Å². The molecule has 1 heteroatoms. The highest BCUT2D eigenvalue weighted by atomic mass is 16.5. The van der Waals surface area contributed by atoms with Crippen LogP contribution in [0.25, 0.3) is 0 Å². The molecule has 1 nitrogen and oxygen atoms in total. The van der Waals surface area contributed by atoms with Crippen LogP contribution in [0, 0.1) is 27.7 Å². The predicted molar refractivity (Wildman–Crippen MR) is 51.9 cm³/mol. The second kappa shape index (κ2) is 3.18. The van der Waals surface area contributed by atoms with Crippen molar-refractivity contribution >= 4 is 0 Å². The van der Waals surface area contributed by atoms with Gasteiger partial charge in [0.15, 0.2) is 0 Å². The first-order valence-electron chi connectivity index (χ1n) is 4.19. The van der Waals surface area contributed by atoms with Crippen molar-refractivity contribution in [3.63, 3.8) is 0 Å². The third-order valence-corrected chi connectivity index (χ3v) is 2.50. The lowest BCUT2D eigenvalue weighted by Gasteiger charge is -2.13. The molecule has 0 radical (unpaired) electrons. The standard InChI is InChI=1S/C11H16O/c1-7-6-8(2)10(4)11(12-5)9(7)3/h6H,1-5H3. The molecule has 0 saturated carbocycles. The van der Waals surface area contributed by atoms with Crippen LogP contribution in [0.1, 0.15) is 22.3 Å². The van der Waals surface area contributed by atoms with Gasteiger partial charge in [0.05, 0.1) is 7.11 Å². The Morgan fingerprint density at radius 3 is 1.67 bits per heavy atom. The van der Waals surface area contributed by atoms with Crippen molar-refractivity contribution < 1.29 is 4.74 Å². The molecule has 1 aromatic rings. The molecule has 0 heterocycles. The van der Waals surface area contributed by atoms with E-state index >= 15 is 0 Å². The lowest BCUT2D eigenvalue weighted by atomic mass is 10.0. The average Bonchev–Trinajstić information content (AvgIpc) is 2.02. The first-order chi connectivity index (χ1) is 5.57. The SMILES string of the molecule is COc1c(C)c(C)cc(C)c1C. The van der Waals surface area contributed by atoms with Gasteiger partial charge in [-0.15, -0.1) is 0 Å². The van der Waals surface area contributed by atoms with Crippen LogP contribution in [-0.4, -0.2) is 7.11 Å². The van der Waals surface area contributed by atoms with Crippen molar-refractivity contribution in [3.8, 4) is 5.75 Å². The van der Waals surface area contributed by atoms with Crippen molar-refractivity contribution in [1.29, 1.82) is 0 Å². The molecule has 0 aliphatic carbocycles. The molecule has 0 atom stereocenters. The Labute approximate surface area is 74.4 Å². The van der Waals surface area contributed by atoms with Crippen LogP contribution in [0.3, 0.4) is 0 Å². The van der Waals surface area contributed by atoms with Gasteiger partial charge in [0, 0.05) is 0 Å². The molecule has 0 saturated heterocycles. The van der Waals surface area contributed by atoms with Gasteiger partial charge >= 0.3 is 0 Å². The van der Waals surface area contributed by atoms with Gasteiger partial charge in [0.2, 0.25) is 0 Å². The number of ether oxygens (including phenoxy) is 1. The fraction of sp³-hybridized carbons (Fsp3) is 0.455. The van der Waals surface area contributed by atoms with Gasteiger partial charge in [-0.05, 0) is 49.9 Å². The Kier molecular flexibility index (Phi) is 2.41. The minimum Gasteiger partial charge on any atom is -0.496 e. The topological polar surface area (TPSA) is 9.23 Å². The minimum absolute atomic E-state index is 1.03. The molecule has 0 amide bonds. The zero-order chi connectivity index (χ0) is 9.30. The fourth-order valence-electron chi connectivity index (χ4n) is 1.49. The summed E-state index contributed by atoms with van der Waals surface area (Å²) in [4.78, 5) is 0. The zero-order valence-electron chi connectivity index (χ0n) is 8.49. The van der Waals surface area contributed by atoms with Gasteiger partial charge in [-0.1, -0.05) is 6.07 Å². The molecular weight excluding hydrogens is 148 g/mol. The lowest BCUT2D eigenvalue weighted by Crippen LogP contribution is -1.95. The molecule has 1 aromatic carbocycles. The Balaban J connectivity index is 3.42. The van der Waals surface area contributed by atoms with E-state index < -0.39 is 0 Å². The van der Waals surface area contributed by atoms with Gasteiger partial charge in [-0.3, -0.25) is 0 Å². The highest BCUT2D eigenvalue weighted by Crippen LogP contribution is 2.28. The van der Waals surface area contributed by atoms with E-state index in [9.17, 15) is 0 Å². The molecule has 0 bridgehead atoms. The van der Waals surface area contributed by atoms with E-state index in [1.165, 1.54) is 22.3 Å². The number of aryl methyl sites for hydroxylation is 2. The molecule has 1 rings (SSSR count). The van der Waals surface area contributed by atoms with Gasteiger partial charge in [0.25, 0.3) is 0 Å². The van der Waals surface area contributed by atoms with Crippen LogP contribution in [0.2, 0.25) is 0 Å². The number of rotatable bonds is 1. The van der Waals surface area contributed by atoms with E-state index in [0.717, 1.165) is 5.75 Å². The summed E-state index contributed by atoms with van der Waals surface area (Å²) < 4.78 is 5.34. The fourth-order valence-corrected chi connectivity index (χ4v) is 1.49. The second-order valence-electron chi connectivity index (χ2n) is 3.29. The third kappa shape index (κ3) is 1.31. The number of hydrogen-bond acceptors (Lipinski definition) is 1. The first-order valence-corrected chi connectivity index (χ1v) is 4.19. The van der Waals surface area contributed by atoms with Crippen molar-refractivity contribution in [1.82, 2.24) is 0 Å². The molecule has 0 unspecified atom stereocenters. The molecule has 0 fully saturated rings. The van der Waals surface area contributed by atoms with Gasteiger partial charge < -0.3 is 4.74 Å². The van der Waals surface area contributed by atoms with Crippen molar-refractivity contribution in [2.75, 3.05) is 7.11 Å². The molecule has 0 aliphatic rings.